The van der Waals surface area contributed by atoms with E-state index in [1.807, 2.05) is 42.5 Å². The van der Waals surface area contributed by atoms with Crippen LogP contribution < -0.4 is 16.5 Å². The number of benzene rings is 4. The van der Waals surface area contributed by atoms with Crippen molar-refractivity contribution in [3.63, 3.8) is 0 Å². The van der Waals surface area contributed by atoms with Gasteiger partial charge in [0.2, 0.25) is 5.43 Å². The van der Waals surface area contributed by atoms with E-state index in [9.17, 15) is 14.7 Å². The van der Waals surface area contributed by atoms with E-state index >= 15 is 0 Å². The van der Waals surface area contributed by atoms with Gasteiger partial charge in [0.05, 0.1) is 37.9 Å². The third kappa shape index (κ3) is 4.07. The summed E-state index contributed by atoms with van der Waals surface area (Å²) in [5, 5.41) is 16.2. The van der Waals surface area contributed by atoms with Crippen molar-refractivity contribution in [2.24, 2.45) is 0 Å². The first-order chi connectivity index (χ1) is 16.8. The molecule has 0 saturated heterocycles. The fourth-order valence-electron chi connectivity index (χ4n) is 4.15. The topological polar surface area (TPSA) is 108 Å². The lowest BCUT2D eigenvalue weighted by Crippen LogP contribution is -2.24. The highest BCUT2D eigenvalue weighted by molar-refractivity contribution is 6.39. The van der Waals surface area contributed by atoms with Crippen LogP contribution in [0.25, 0.3) is 32.9 Å². The minimum absolute atomic E-state index is 0.0839. The van der Waals surface area contributed by atoms with E-state index in [2.05, 4.69) is 10.3 Å². The molecule has 174 valence electrons. The zero-order valence-corrected chi connectivity index (χ0v) is 19.7. The number of anilines is 1. The van der Waals surface area contributed by atoms with Crippen LogP contribution in [0.3, 0.4) is 0 Å². The van der Waals surface area contributed by atoms with Gasteiger partial charge in [0.15, 0.2) is 5.75 Å². The highest BCUT2D eigenvalue weighted by Crippen LogP contribution is 2.36. The molecule has 5 aromatic rings. The summed E-state index contributed by atoms with van der Waals surface area (Å²) >= 11 is 12.3. The van der Waals surface area contributed by atoms with E-state index in [-0.39, 0.29) is 43.8 Å². The molecule has 5 N–H and O–H groups in total. The molecule has 0 unspecified atom stereocenters. The largest absolute Gasteiger partial charge is 0.503 e. The molecule has 0 atom stereocenters. The van der Waals surface area contributed by atoms with Gasteiger partial charge in [0.1, 0.15) is 0 Å². The fraction of sp³-hybridized carbons (Fsp3) is 0.0370. The summed E-state index contributed by atoms with van der Waals surface area (Å²) in [7, 11) is 0. The number of carbonyl (C=O) groups is 1. The molecule has 0 saturated carbocycles. The summed E-state index contributed by atoms with van der Waals surface area (Å²) in [5.41, 5.74) is 7.33. The number of rotatable bonds is 4. The lowest BCUT2D eigenvalue weighted by Gasteiger charge is -2.13. The van der Waals surface area contributed by atoms with Gasteiger partial charge in [0, 0.05) is 12.1 Å². The Bertz CT molecular complexity index is 1670. The zero-order chi connectivity index (χ0) is 24.7. The average molecular weight is 504 g/mol. The molecule has 0 radical (unpaired) electrons. The van der Waals surface area contributed by atoms with Gasteiger partial charge >= 0.3 is 0 Å². The highest BCUT2D eigenvalue weighted by atomic mass is 35.5. The Hall–Kier alpha value is -4.00. The van der Waals surface area contributed by atoms with E-state index in [1.165, 1.54) is 12.1 Å². The van der Waals surface area contributed by atoms with Crippen molar-refractivity contribution in [3.8, 4) is 17.0 Å². The third-order valence-corrected chi connectivity index (χ3v) is 6.57. The van der Waals surface area contributed by atoms with Gasteiger partial charge in [-0.05, 0) is 40.6 Å². The van der Waals surface area contributed by atoms with Gasteiger partial charge in [-0.1, -0.05) is 71.7 Å². The van der Waals surface area contributed by atoms with Gasteiger partial charge in [0.25, 0.3) is 5.91 Å². The molecular weight excluding hydrogens is 485 g/mol. The van der Waals surface area contributed by atoms with Crippen LogP contribution in [0, 0.1) is 0 Å². The van der Waals surface area contributed by atoms with E-state index in [0.29, 0.717) is 12.1 Å². The number of hydrogen-bond acceptors (Lipinski definition) is 4. The number of nitrogen functional groups attached to an aromatic ring is 1. The number of halogens is 2. The maximum Gasteiger partial charge on any atom is 0.253 e. The summed E-state index contributed by atoms with van der Waals surface area (Å²) in [5.74, 6) is -0.882. The number of amides is 1. The molecule has 5 rings (SSSR count). The van der Waals surface area contributed by atoms with Gasteiger partial charge in [-0.2, -0.15) is 0 Å². The Morgan fingerprint density at radius 1 is 0.943 bits per heavy atom. The van der Waals surface area contributed by atoms with Crippen LogP contribution in [0.4, 0.5) is 5.69 Å². The van der Waals surface area contributed by atoms with Crippen LogP contribution in [0.5, 0.6) is 5.75 Å². The number of pyridine rings is 1. The SMILES string of the molecule is Nc1c(Cl)cc(-c2[nH]c3c(C(=O)NCc4cccc5ccccc45)cccc3c(=O)c2O)cc1Cl. The molecular formula is C27H19Cl2N3O3. The number of aromatic amines is 1. The number of para-hydroxylation sites is 1. The fourth-order valence-corrected chi connectivity index (χ4v) is 4.63. The first-order valence-electron chi connectivity index (χ1n) is 10.7. The lowest BCUT2D eigenvalue weighted by atomic mass is 10.0. The minimum atomic E-state index is -0.624. The monoisotopic (exact) mass is 503 g/mol. The van der Waals surface area contributed by atoms with E-state index in [1.54, 1.807) is 18.2 Å². The Balaban J connectivity index is 1.57. The predicted molar refractivity (Wildman–Crippen MR) is 141 cm³/mol. The summed E-state index contributed by atoms with van der Waals surface area (Å²) in [6, 6.07) is 21.6. The van der Waals surface area contributed by atoms with Crippen molar-refractivity contribution in [2.75, 3.05) is 5.73 Å². The van der Waals surface area contributed by atoms with Gasteiger partial charge in [-0.3, -0.25) is 9.59 Å². The molecule has 4 aromatic carbocycles. The van der Waals surface area contributed by atoms with Crippen LogP contribution in [0.1, 0.15) is 15.9 Å². The summed E-state index contributed by atoms with van der Waals surface area (Å²) in [6.07, 6.45) is 0. The third-order valence-electron chi connectivity index (χ3n) is 5.94. The Morgan fingerprint density at radius 2 is 1.60 bits per heavy atom. The number of nitrogens with one attached hydrogen (secondary N) is 2. The molecule has 0 aliphatic carbocycles. The Kier molecular flexibility index (Phi) is 5.84. The molecule has 0 aliphatic rings. The molecule has 1 heterocycles. The summed E-state index contributed by atoms with van der Waals surface area (Å²) in [4.78, 5) is 29.2. The van der Waals surface area contributed by atoms with E-state index < -0.39 is 11.2 Å². The first-order valence-corrected chi connectivity index (χ1v) is 11.5. The molecule has 0 spiro atoms. The number of nitrogens with two attached hydrogens (primary N) is 1. The Labute approximate surface area is 209 Å². The number of H-pyrrole nitrogens is 1. The standard InChI is InChI=1S/C27H19Cl2N3O3/c28-20-11-16(12-21(29)22(20)30)23-26(34)25(33)18-9-4-10-19(24(18)32-23)27(35)31-13-15-7-3-6-14-5-1-2-8-17(14)15/h1-12,34H,13,30H2,(H,31,35)(H,32,33). The van der Waals surface area contributed by atoms with Crippen LogP contribution >= 0.6 is 23.2 Å². The summed E-state index contributed by atoms with van der Waals surface area (Å²) in [6.45, 7) is 0.301. The number of aromatic nitrogens is 1. The molecule has 6 nitrogen and oxygen atoms in total. The number of fused-ring (bicyclic) bond motifs is 2. The van der Waals surface area contributed by atoms with Crippen molar-refractivity contribution >= 4 is 56.5 Å². The van der Waals surface area contributed by atoms with Crippen molar-refractivity contribution in [1.29, 1.82) is 0 Å². The smallest absolute Gasteiger partial charge is 0.253 e. The van der Waals surface area contributed by atoms with E-state index in [4.69, 9.17) is 28.9 Å². The number of aromatic hydroxyl groups is 1. The molecule has 0 bridgehead atoms. The minimum Gasteiger partial charge on any atom is -0.503 e. The maximum atomic E-state index is 13.2. The number of hydrogen-bond donors (Lipinski definition) is 4. The second-order valence-corrected chi connectivity index (χ2v) is 8.89. The molecule has 0 fully saturated rings. The van der Waals surface area contributed by atoms with Crippen LogP contribution in [0.2, 0.25) is 10.0 Å². The quantitative estimate of drug-likeness (QED) is 0.230. The Morgan fingerprint density at radius 3 is 2.37 bits per heavy atom. The lowest BCUT2D eigenvalue weighted by molar-refractivity contribution is 0.0952. The van der Waals surface area contributed by atoms with Gasteiger partial charge < -0.3 is 21.1 Å². The zero-order valence-electron chi connectivity index (χ0n) is 18.2. The van der Waals surface area contributed by atoms with Crippen LogP contribution in [0.15, 0.2) is 77.6 Å². The second-order valence-electron chi connectivity index (χ2n) is 8.08. The maximum absolute atomic E-state index is 13.2. The molecule has 1 aromatic heterocycles. The van der Waals surface area contributed by atoms with Crippen LogP contribution in [-0.4, -0.2) is 16.0 Å². The van der Waals surface area contributed by atoms with Crippen molar-refractivity contribution < 1.29 is 9.90 Å². The first kappa shape index (κ1) is 22.8. The highest BCUT2D eigenvalue weighted by Gasteiger charge is 2.19. The molecule has 0 aliphatic heterocycles. The van der Waals surface area contributed by atoms with Crippen molar-refractivity contribution in [1.82, 2.24) is 10.3 Å². The normalized spacial score (nSPS) is 11.1. The van der Waals surface area contributed by atoms with Crippen molar-refractivity contribution in [3.05, 3.63) is 104 Å². The van der Waals surface area contributed by atoms with Gasteiger partial charge in [-0.25, -0.2) is 0 Å². The van der Waals surface area contributed by atoms with Crippen molar-refractivity contribution in [2.45, 2.75) is 6.54 Å². The van der Waals surface area contributed by atoms with E-state index in [0.717, 1.165) is 16.3 Å². The van der Waals surface area contributed by atoms with Gasteiger partial charge in [-0.15, -0.1) is 0 Å². The molecule has 8 heteroatoms. The molecule has 1 amide bonds. The molecule has 35 heavy (non-hydrogen) atoms. The van der Waals surface area contributed by atoms with Crippen LogP contribution in [-0.2, 0) is 6.54 Å². The number of carbonyl (C=O) groups excluding carboxylic acids is 1. The average Bonchev–Trinajstić information content (AvgIpc) is 2.87. The summed E-state index contributed by atoms with van der Waals surface area (Å²) < 4.78 is 0. The second kappa shape index (κ2) is 8.98. The predicted octanol–water partition coefficient (Wildman–Crippen LogP) is 5.87.